The average molecular weight is 284 g/mol. The minimum atomic E-state index is -0.667. The van der Waals surface area contributed by atoms with E-state index in [1.807, 2.05) is 29.9 Å². The summed E-state index contributed by atoms with van der Waals surface area (Å²) in [5.74, 6) is -0.667. The van der Waals surface area contributed by atoms with Crippen molar-refractivity contribution in [1.82, 2.24) is 9.78 Å². The number of benzene rings is 1. The summed E-state index contributed by atoms with van der Waals surface area (Å²) in [5, 5.41) is 13.9. The molecule has 0 radical (unpaired) electrons. The molecule has 1 aromatic heterocycles. The molecule has 0 bridgehead atoms. The molecule has 0 fully saturated rings. The predicted molar refractivity (Wildman–Crippen MR) is 80.1 cm³/mol. The van der Waals surface area contributed by atoms with Gasteiger partial charge in [-0.25, -0.2) is 0 Å². The Balaban J connectivity index is 1.82. The summed E-state index contributed by atoms with van der Waals surface area (Å²) in [7, 11) is 1.90. The van der Waals surface area contributed by atoms with Crippen LogP contribution in [0, 0.1) is 5.41 Å². The number of hydrogen-bond donors (Lipinski definition) is 1. The highest BCUT2D eigenvalue weighted by Gasteiger charge is 2.41. The van der Waals surface area contributed by atoms with Crippen molar-refractivity contribution in [1.29, 1.82) is 0 Å². The Morgan fingerprint density at radius 3 is 2.76 bits per heavy atom. The monoisotopic (exact) mass is 284 g/mol. The fourth-order valence-corrected chi connectivity index (χ4v) is 3.32. The van der Waals surface area contributed by atoms with Gasteiger partial charge in [0.25, 0.3) is 0 Å². The molecule has 1 unspecified atom stereocenters. The van der Waals surface area contributed by atoms with Crippen LogP contribution in [-0.4, -0.2) is 20.9 Å². The molecule has 0 aliphatic heterocycles. The van der Waals surface area contributed by atoms with Crippen LogP contribution in [0.4, 0.5) is 0 Å². The topological polar surface area (TPSA) is 55.1 Å². The average Bonchev–Trinajstić information content (AvgIpc) is 2.90. The molecular formula is C17H20N2O2. The first kappa shape index (κ1) is 13.9. The largest absolute Gasteiger partial charge is 0.481 e. The molecule has 0 amide bonds. The van der Waals surface area contributed by atoms with Gasteiger partial charge in [0, 0.05) is 18.9 Å². The molecule has 0 saturated carbocycles. The van der Waals surface area contributed by atoms with Gasteiger partial charge in [0.15, 0.2) is 0 Å². The van der Waals surface area contributed by atoms with Crippen molar-refractivity contribution in [2.45, 2.75) is 32.1 Å². The Labute approximate surface area is 124 Å². The summed E-state index contributed by atoms with van der Waals surface area (Å²) in [5.41, 5.74) is 2.94. The SMILES string of the molecule is Cn1nccc1CCC1(C(=O)O)CCc2ccccc2C1. The quantitative estimate of drug-likeness (QED) is 0.939. The zero-order valence-electron chi connectivity index (χ0n) is 12.2. The fourth-order valence-electron chi connectivity index (χ4n) is 3.32. The predicted octanol–water partition coefficient (Wildman–Crippen LogP) is 2.61. The van der Waals surface area contributed by atoms with E-state index in [1.54, 1.807) is 6.20 Å². The number of carbonyl (C=O) groups is 1. The minimum absolute atomic E-state index is 0.635. The van der Waals surface area contributed by atoms with Crippen molar-refractivity contribution in [3.63, 3.8) is 0 Å². The van der Waals surface area contributed by atoms with E-state index in [1.165, 1.54) is 11.1 Å². The lowest BCUT2D eigenvalue weighted by molar-refractivity contribution is -0.150. The van der Waals surface area contributed by atoms with E-state index in [0.29, 0.717) is 12.8 Å². The van der Waals surface area contributed by atoms with Gasteiger partial charge in [0.05, 0.1) is 5.41 Å². The summed E-state index contributed by atoms with van der Waals surface area (Å²) in [4.78, 5) is 11.9. The molecule has 1 aromatic carbocycles. The number of fused-ring (bicyclic) bond motifs is 1. The van der Waals surface area contributed by atoms with E-state index >= 15 is 0 Å². The molecule has 1 N–H and O–H groups in total. The van der Waals surface area contributed by atoms with E-state index in [-0.39, 0.29) is 0 Å². The number of aryl methyl sites for hydroxylation is 3. The van der Waals surface area contributed by atoms with E-state index in [2.05, 4.69) is 17.2 Å². The summed E-state index contributed by atoms with van der Waals surface area (Å²) in [6.45, 7) is 0. The van der Waals surface area contributed by atoms with Gasteiger partial charge in [-0.3, -0.25) is 9.48 Å². The molecular weight excluding hydrogens is 264 g/mol. The minimum Gasteiger partial charge on any atom is -0.481 e. The molecule has 4 nitrogen and oxygen atoms in total. The van der Waals surface area contributed by atoms with Crippen LogP contribution < -0.4 is 0 Å². The molecule has 4 heteroatoms. The van der Waals surface area contributed by atoms with Crippen LogP contribution in [0.15, 0.2) is 36.5 Å². The fraction of sp³-hybridized carbons (Fsp3) is 0.412. The summed E-state index contributed by atoms with van der Waals surface area (Å²) in [6, 6.07) is 10.2. The van der Waals surface area contributed by atoms with Crippen LogP contribution in [0.25, 0.3) is 0 Å². The lowest BCUT2D eigenvalue weighted by Crippen LogP contribution is -2.37. The van der Waals surface area contributed by atoms with Crippen molar-refractivity contribution in [3.05, 3.63) is 53.3 Å². The summed E-state index contributed by atoms with van der Waals surface area (Å²) < 4.78 is 1.83. The Morgan fingerprint density at radius 2 is 2.10 bits per heavy atom. The highest BCUT2D eigenvalue weighted by Crippen LogP contribution is 2.39. The van der Waals surface area contributed by atoms with E-state index in [4.69, 9.17) is 0 Å². The summed E-state index contributed by atoms with van der Waals surface area (Å²) in [6.07, 6.45) is 5.39. The molecule has 1 aliphatic carbocycles. The van der Waals surface area contributed by atoms with Gasteiger partial charge in [0.1, 0.15) is 0 Å². The van der Waals surface area contributed by atoms with Gasteiger partial charge in [-0.1, -0.05) is 24.3 Å². The highest BCUT2D eigenvalue weighted by atomic mass is 16.4. The van der Waals surface area contributed by atoms with Gasteiger partial charge < -0.3 is 5.11 Å². The summed E-state index contributed by atoms with van der Waals surface area (Å²) >= 11 is 0. The molecule has 0 saturated heterocycles. The number of nitrogens with zero attached hydrogens (tertiary/aromatic N) is 2. The molecule has 2 aromatic rings. The first-order valence-electron chi connectivity index (χ1n) is 7.38. The van der Waals surface area contributed by atoms with Crippen molar-refractivity contribution < 1.29 is 9.90 Å². The normalized spacial score (nSPS) is 21.0. The van der Waals surface area contributed by atoms with E-state index < -0.39 is 11.4 Å². The third-order valence-electron chi connectivity index (χ3n) is 4.76. The van der Waals surface area contributed by atoms with Crippen molar-refractivity contribution in [2.24, 2.45) is 12.5 Å². The number of carboxylic acid groups (broad SMARTS) is 1. The van der Waals surface area contributed by atoms with E-state index in [0.717, 1.165) is 25.0 Å². The lowest BCUT2D eigenvalue weighted by atomic mass is 9.69. The number of carboxylic acids is 1. The zero-order valence-corrected chi connectivity index (χ0v) is 12.2. The van der Waals surface area contributed by atoms with Gasteiger partial charge in [0.2, 0.25) is 0 Å². The van der Waals surface area contributed by atoms with Crippen molar-refractivity contribution in [3.8, 4) is 0 Å². The Hall–Kier alpha value is -2.10. The van der Waals surface area contributed by atoms with Gasteiger partial charge in [-0.15, -0.1) is 0 Å². The number of hydrogen-bond acceptors (Lipinski definition) is 2. The Bertz CT molecular complexity index is 662. The van der Waals surface area contributed by atoms with Crippen LogP contribution in [0.5, 0.6) is 0 Å². The second kappa shape index (κ2) is 5.35. The zero-order chi connectivity index (χ0) is 14.9. The van der Waals surface area contributed by atoms with Crippen LogP contribution >= 0.6 is 0 Å². The Kier molecular flexibility index (Phi) is 3.53. The molecule has 110 valence electrons. The molecule has 1 heterocycles. The van der Waals surface area contributed by atoms with Gasteiger partial charge in [-0.05, 0) is 49.3 Å². The third-order valence-corrected chi connectivity index (χ3v) is 4.76. The first-order chi connectivity index (χ1) is 10.1. The van der Waals surface area contributed by atoms with Crippen LogP contribution in [-0.2, 0) is 31.1 Å². The molecule has 21 heavy (non-hydrogen) atoms. The second-order valence-electron chi connectivity index (χ2n) is 5.98. The first-order valence-corrected chi connectivity index (χ1v) is 7.38. The maximum absolute atomic E-state index is 11.9. The Morgan fingerprint density at radius 1 is 1.33 bits per heavy atom. The van der Waals surface area contributed by atoms with Gasteiger partial charge in [-0.2, -0.15) is 5.10 Å². The van der Waals surface area contributed by atoms with E-state index in [9.17, 15) is 9.90 Å². The van der Waals surface area contributed by atoms with Crippen molar-refractivity contribution in [2.75, 3.05) is 0 Å². The van der Waals surface area contributed by atoms with Crippen LogP contribution in [0.3, 0.4) is 0 Å². The van der Waals surface area contributed by atoms with Crippen LogP contribution in [0.2, 0.25) is 0 Å². The van der Waals surface area contributed by atoms with Gasteiger partial charge >= 0.3 is 5.97 Å². The smallest absolute Gasteiger partial charge is 0.309 e. The third kappa shape index (κ3) is 2.58. The second-order valence-corrected chi connectivity index (χ2v) is 5.98. The number of aromatic nitrogens is 2. The lowest BCUT2D eigenvalue weighted by Gasteiger charge is -2.34. The number of rotatable bonds is 4. The molecule has 1 atom stereocenters. The highest BCUT2D eigenvalue weighted by molar-refractivity contribution is 5.75. The van der Waals surface area contributed by atoms with Crippen LogP contribution in [0.1, 0.15) is 29.7 Å². The maximum atomic E-state index is 11.9. The molecule has 0 spiro atoms. The number of aliphatic carboxylic acids is 1. The molecule has 1 aliphatic rings. The molecule has 3 rings (SSSR count). The van der Waals surface area contributed by atoms with Crippen molar-refractivity contribution >= 4 is 5.97 Å². The maximum Gasteiger partial charge on any atom is 0.309 e. The standard InChI is InChI=1S/C17H20N2O2/c1-19-15(8-11-18-19)7-10-17(16(20)21)9-6-13-4-2-3-5-14(13)12-17/h2-5,8,11H,6-7,9-10,12H2,1H3,(H,20,21).